The number of ether oxygens (including phenoxy) is 2. The molecule has 9 heteroatoms. The number of hydrogen-bond acceptors (Lipinski definition) is 5. The Morgan fingerprint density at radius 1 is 1.10 bits per heavy atom. The molecule has 2 saturated heterocycles. The van der Waals surface area contributed by atoms with E-state index >= 15 is 0 Å². The fraction of sp³-hybridized carbons (Fsp3) is 0.387. The fourth-order valence-corrected chi connectivity index (χ4v) is 6.48. The Morgan fingerprint density at radius 2 is 1.82 bits per heavy atom. The van der Waals surface area contributed by atoms with Gasteiger partial charge in [-0.2, -0.15) is 0 Å². The van der Waals surface area contributed by atoms with Crippen LogP contribution in [-0.4, -0.2) is 51.6 Å². The van der Waals surface area contributed by atoms with Crippen LogP contribution in [0, 0.1) is 5.82 Å². The van der Waals surface area contributed by atoms with Crippen molar-refractivity contribution in [1.29, 1.82) is 0 Å². The molecule has 7 nitrogen and oxygen atoms in total. The molecular formula is C31H33FN2O5S. The maximum atomic E-state index is 13.6. The molecule has 0 aromatic heterocycles. The van der Waals surface area contributed by atoms with Gasteiger partial charge in [0.05, 0.1) is 23.7 Å². The van der Waals surface area contributed by atoms with Crippen LogP contribution in [0.5, 0.6) is 5.75 Å². The molecule has 1 spiro atoms. The van der Waals surface area contributed by atoms with Crippen molar-refractivity contribution in [2.45, 2.75) is 55.6 Å². The second-order valence-corrected chi connectivity index (χ2v) is 11.8. The standard InChI is InChI=1S/C31H33FN2O5S/c1-2-38-28-18-26(22-9-11-24(32)12-10-22)25(21-7-8-21)17-23(28)19-33-15-13-31(14-16-33)20-34(30(35)39-31)27-5-3-4-6-29(27)40(36)37/h3-6,9-12,17-18,21H,2,7-8,13-16,19-20H2,1H3,(H,36,37). The van der Waals surface area contributed by atoms with Crippen molar-refractivity contribution in [2.24, 2.45) is 0 Å². The first-order valence-corrected chi connectivity index (χ1v) is 14.9. The number of amides is 1. The number of likely N-dealkylation sites (tertiary alicyclic amines) is 1. The Kier molecular flexibility index (Phi) is 7.37. The van der Waals surface area contributed by atoms with Crippen LogP contribution in [0.2, 0.25) is 0 Å². The monoisotopic (exact) mass is 564 g/mol. The van der Waals surface area contributed by atoms with Gasteiger partial charge in [-0.15, -0.1) is 0 Å². The van der Waals surface area contributed by atoms with Crippen molar-refractivity contribution < 1.29 is 27.4 Å². The Balaban J connectivity index is 1.19. The van der Waals surface area contributed by atoms with E-state index in [-0.39, 0.29) is 10.7 Å². The number of nitrogens with zero attached hydrogens (tertiary/aromatic N) is 2. The third-order valence-electron chi connectivity index (χ3n) is 8.18. The lowest BCUT2D eigenvalue weighted by atomic mass is 9.90. The number of hydrogen-bond donors (Lipinski definition) is 1. The zero-order valence-electron chi connectivity index (χ0n) is 22.5. The average Bonchev–Trinajstić information content (AvgIpc) is 3.75. The van der Waals surface area contributed by atoms with Crippen LogP contribution >= 0.6 is 0 Å². The van der Waals surface area contributed by atoms with Crippen LogP contribution in [0.15, 0.2) is 65.6 Å². The Labute approximate surface area is 236 Å². The summed E-state index contributed by atoms with van der Waals surface area (Å²) in [6.45, 7) is 5.10. The largest absolute Gasteiger partial charge is 0.494 e. The number of halogens is 1. The maximum absolute atomic E-state index is 13.6. The quantitative estimate of drug-likeness (QED) is 0.322. The first-order chi connectivity index (χ1) is 19.4. The summed E-state index contributed by atoms with van der Waals surface area (Å²) in [7, 11) is 0. The lowest BCUT2D eigenvalue weighted by molar-refractivity contribution is -0.00111. The maximum Gasteiger partial charge on any atom is 0.415 e. The molecule has 210 valence electrons. The molecule has 3 aliphatic rings. The third kappa shape index (κ3) is 5.38. The molecule has 1 atom stereocenters. The normalized spacial score (nSPS) is 19.6. The van der Waals surface area contributed by atoms with E-state index < -0.39 is 22.8 Å². The van der Waals surface area contributed by atoms with E-state index in [2.05, 4.69) is 17.0 Å². The van der Waals surface area contributed by atoms with Gasteiger partial charge >= 0.3 is 6.09 Å². The van der Waals surface area contributed by atoms with Crippen LogP contribution in [-0.2, 0) is 22.4 Å². The third-order valence-corrected chi connectivity index (χ3v) is 8.90. The van der Waals surface area contributed by atoms with E-state index in [0.29, 0.717) is 37.6 Å². The molecule has 0 bridgehead atoms. The molecule has 0 radical (unpaired) electrons. The number of anilines is 1. The first-order valence-electron chi connectivity index (χ1n) is 13.8. The van der Waals surface area contributed by atoms with Crippen LogP contribution in [0.3, 0.4) is 0 Å². The highest BCUT2D eigenvalue weighted by atomic mass is 32.2. The lowest BCUT2D eigenvalue weighted by Gasteiger charge is -2.37. The lowest BCUT2D eigenvalue weighted by Crippen LogP contribution is -2.46. The smallest absolute Gasteiger partial charge is 0.415 e. The molecule has 3 aromatic carbocycles. The van der Waals surface area contributed by atoms with E-state index in [1.54, 1.807) is 24.3 Å². The summed E-state index contributed by atoms with van der Waals surface area (Å²) < 4.78 is 47.1. The molecular weight excluding hydrogens is 531 g/mol. The van der Waals surface area contributed by atoms with Crippen LogP contribution in [0.4, 0.5) is 14.9 Å². The van der Waals surface area contributed by atoms with Gasteiger partial charge in [0, 0.05) is 38.0 Å². The minimum Gasteiger partial charge on any atom is -0.494 e. The van der Waals surface area contributed by atoms with Gasteiger partial charge in [0.1, 0.15) is 17.2 Å². The van der Waals surface area contributed by atoms with Crippen molar-refractivity contribution in [3.8, 4) is 16.9 Å². The van der Waals surface area contributed by atoms with Crippen LogP contribution in [0.25, 0.3) is 11.1 Å². The van der Waals surface area contributed by atoms with Crippen LogP contribution < -0.4 is 9.64 Å². The number of carbonyl (C=O) groups excluding carboxylic acids is 1. The van der Waals surface area contributed by atoms with Crippen molar-refractivity contribution >= 4 is 22.9 Å². The molecule has 1 aliphatic carbocycles. The zero-order valence-corrected chi connectivity index (χ0v) is 23.3. The summed E-state index contributed by atoms with van der Waals surface area (Å²) in [5.74, 6) is 1.11. The molecule has 3 fully saturated rings. The van der Waals surface area contributed by atoms with Crippen molar-refractivity contribution in [2.75, 3.05) is 31.1 Å². The van der Waals surface area contributed by atoms with Crippen molar-refractivity contribution in [3.05, 3.63) is 77.6 Å². The summed E-state index contributed by atoms with van der Waals surface area (Å²) >= 11 is -2.20. The SMILES string of the molecule is CCOc1cc(-c2ccc(F)cc2)c(C2CC2)cc1CN1CCC2(CC1)CN(c1ccccc1S(=O)O)C(=O)O2. The zero-order chi connectivity index (χ0) is 27.9. The van der Waals surface area contributed by atoms with E-state index in [1.807, 2.05) is 19.1 Å². The summed E-state index contributed by atoms with van der Waals surface area (Å²) in [6, 6.07) is 17.7. The summed E-state index contributed by atoms with van der Waals surface area (Å²) in [4.78, 5) is 16.9. The molecule has 6 rings (SSSR count). The topological polar surface area (TPSA) is 79.3 Å². The van der Waals surface area contributed by atoms with E-state index in [9.17, 15) is 17.9 Å². The van der Waals surface area contributed by atoms with Gasteiger partial charge in [0.15, 0.2) is 11.1 Å². The average molecular weight is 565 g/mol. The van der Waals surface area contributed by atoms with Gasteiger partial charge in [-0.05, 0) is 78.8 Å². The minimum atomic E-state index is -2.20. The van der Waals surface area contributed by atoms with Gasteiger partial charge in [-0.1, -0.05) is 24.3 Å². The second kappa shape index (κ2) is 11.0. The molecule has 1 unspecified atom stereocenters. The highest BCUT2D eigenvalue weighted by Gasteiger charge is 2.48. The van der Waals surface area contributed by atoms with Gasteiger partial charge < -0.3 is 14.0 Å². The molecule has 3 aromatic rings. The minimum absolute atomic E-state index is 0.202. The first kappa shape index (κ1) is 26.9. The predicted molar refractivity (Wildman–Crippen MR) is 152 cm³/mol. The number of piperidine rings is 1. The molecule has 1 N–H and O–H groups in total. The van der Waals surface area contributed by atoms with E-state index in [1.165, 1.54) is 22.6 Å². The number of carbonyl (C=O) groups is 1. The molecule has 1 amide bonds. The van der Waals surface area contributed by atoms with Gasteiger partial charge in [0.2, 0.25) is 0 Å². The van der Waals surface area contributed by atoms with Crippen molar-refractivity contribution in [3.63, 3.8) is 0 Å². The van der Waals surface area contributed by atoms with Gasteiger partial charge in [-0.25, -0.2) is 13.4 Å². The predicted octanol–water partition coefficient (Wildman–Crippen LogP) is 6.34. The highest BCUT2D eigenvalue weighted by molar-refractivity contribution is 7.79. The highest BCUT2D eigenvalue weighted by Crippen LogP contribution is 2.47. The van der Waals surface area contributed by atoms with Crippen molar-refractivity contribution in [1.82, 2.24) is 4.90 Å². The summed E-state index contributed by atoms with van der Waals surface area (Å²) in [5.41, 5.74) is 4.33. The molecule has 2 aliphatic heterocycles. The molecule has 1 saturated carbocycles. The van der Waals surface area contributed by atoms with E-state index in [4.69, 9.17) is 9.47 Å². The Bertz CT molecular complexity index is 1430. The number of rotatable bonds is 8. The second-order valence-electron chi connectivity index (χ2n) is 10.9. The van der Waals surface area contributed by atoms with Crippen LogP contribution in [0.1, 0.15) is 49.7 Å². The Hall–Kier alpha value is -3.27. The Morgan fingerprint density at radius 3 is 2.50 bits per heavy atom. The number of benzene rings is 3. The molecule has 40 heavy (non-hydrogen) atoms. The summed E-state index contributed by atoms with van der Waals surface area (Å²) in [5, 5.41) is 0. The molecule has 2 heterocycles. The fourth-order valence-electron chi connectivity index (χ4n) is 5.93. The van der Waals surface area contributed by atoms with Gasteiger partial charge in [-0.3, -0.25) is 9.80 Å². The van der Waals surface area contributed by atoms with Gasteiger partial charge in [0.25, 0.3) is 0 Å². The van der Waals surface area contributed by atoms with E-state index in [0.717, 1.165) is 54.9 Å². The summed E-state index contributed by atoms with van der Waals surface area (Å²) in [6.07, 6.45) is 3.18. The number of para-hydroxylation sites is 1.